The van der Waals surface area contributed by atoms with Crippen molar-refractivity contribution in [2.75, 3.05) is 10.5 Å². The van der Waals surface area contributed by atoms with E-state index < -0.39 is 10.0 Å². The van der Waals surface area contributed by atoms with E-state index in [1.165, 1.54) is 0 Å². The lowest BCUT2D eigenvalue weighted by Crippen LogP contribution is -2.16. The highest BCUT2D eigenvalue weighted by atomic mass is 32.2. The van der Waals surface area contributed by atoms with E-state index in [2.05, 4.69) is 19.7 Å². The van der Waals surface area contributed by atoms with E-state index in [0.717, 1.165) is 11.1 Å². The van der Waals surface area contributed by atoms with Gasteiger partial charge in [-0.2, -0.15) is 0 Å². The number of hydrogen-bond acceptors (Lipinski definition) is 5. The minimum atomic E-state index is -3.43. The molecule has 152 valence electrons. The molecule has 3 heterocycles. The fourth-order valence-electron chi connectivity index (χ4n) is 3.27. The van der Waals surface area contributed by atoms with Crippen molar-refractivity contribution in [1.82, 2.24) is 15.0 Å². The highest BCUT2D eigenvalue weighted by Crippen LogP contribution is 2.26. The monoisotopic (exact) mass is 420 g/mol. The standard InChI is InChI=1S/C22H20N4O3S/c1-2-10-30(28,29)26-18-5-3-4-16(11-18)21(27)20-14-25-22-19(20)12-17(13-24-22)15-6-8-23-9-7-15/h3-9,11-14,26H,2,10H2,1H3,(H,24,25). The zero-order valence-electron chi connectivity index (χ0n) is 16.3. The van der Waals surface area contributed by atoms with Crippen molar-refractivity contribution in [3.63, 3.8) is 0 Å². The first-order chi connectivity index (χ1) is 14.5. The first-order valence-electron chi connectivity index (χ1n) is 9.49. The summed E-state index contributed by atoms with van der Waals surface area (Å²) >= 11 is 0. The number of pyridine rings is 2. The smallest absolute Gasteiger partial charge is 0.232 e. The Balaban J connectivity index is 1.69. The van der Waals surface area contributed by atoms with Crippen LogP contribution < -0.4 is 4.72 Å². The summed E-state index contributed by atoms with van der Waals surface area (Å²) in [6.45, 7) is 1.80. The number of hydrogen-bond donors (Lipinski definition) is 2. The zero-order chi connectivity index (χ0) is 21.1. The third-order valence-corrected chi connectivity index (χ3v) is 6.15. The van der Waals surface area contributed by atoms with E-state index in [1.54, 1.807) is 56.0 Å². The average Bonchev–Trinajstić information content (AvgIpc) is 3.17. The Morgan fingerprint density at radius 3 is 2.67 bits per heavy atom. The van der Waals surface area contributed by atoms with Crippen molar-refractivity contribution in [2.45, 2.75) is 13.3 Å². The average molecular weight is 420 g/mol. The van der Waals surface area contributed by atoms with Gasteiger partial charge in [-0.15, -0.1) is 0 Å². The number of fused-ring (bicyclic) bond motifs is 1. The first-order valence-corrected chi connectivity index (χ1v) is 11.1. The van der Waals surface area contributed by atoms with Gasteiger partial charge in [-0.3, -0.25) is 14.5 Å². The molecule has 0 fully saturated rings. The second-order valence-electron chi connectivity index (χ2n) is 6.89. The van der Waals surface area contributed by atoms with Crippen LogP contribution in [0.2, 0.25) is 0 Å². The number of anilines is 1. The Bertz CT molecular complexity index is 1310. The van der Waals surface area contributed by atoms with Crippen molar-refractivity contribution in [1.29, 1.82) is 0 Å². The minimum Gasteiger partial charge on any atom is -0.345 e. The lowest BCUT2D eigenvalue weighted by Gasteiger charge is -2.08. The van der Waals surface area contributed by atoms with Gasteiger partial charge >= 0.3 is 0 Å². The number of nitrogens with one attached hydrogen (secondary N) is 2. The third kappa shape index (κ3) is 4.08. The quantitative estimate of drug-likeness (QED) is 0.440. The van der Waals surface area contributed by atoms with Crippen LogP contribution in [0, 0.1) is 0 Å². The summed E-state index contributed by atoms with van der Waals surface area (Å²) in [5.74, 6) is -0.191. The van der Waals surface area contributed by atoms with Crippen molar-refractivity contribution in [3.8, 4) is 11.1 Å². The Hall–Kier alpha value is -3.52. The molecule has 0 amide bonds. The SMILES string of the molecule is CCCS(=O)(=O)Nc1cccc(C(=O)c2c[nH]c3ncc(-c4ccncc4)cc23)c1. The van der Waals surface area contributed by atoms with Crippen molar-refractivity contribution in [3.05, 3.63) is 78.4 Å². The fraction of sp³-hybridized carbons (Fsp3) is 0.136. The van der Waals surface area contributed by atoms with E-state index >= 15 is 0 Å². The first kappa shape index (κ1) is 19.8. The van der Waals surface area contributed by atoms with E-state index in [9.17, 15) is 13.2 Å². The molecule has 0 aliphatic heterocycles. The van der Waals surface area contributed by atoms with Crippen LogP contribution in [0.15, 0.2) is 67.3 Å². The second kappa shape index (κ2) is 8.08. The van der Waals surface area contributed by atoms with Gasteiger partial charge in [-0.25, -0.2) is 13.4 Å². The molecule has 0 atom stereocenters. The maximum atomic E-state index is 13.2. The minimum absolute atomic E-state index is 0.0249. The van der Waals surface area contributed by atoms with Crippen molar-refractivity contribution in [2.24, 2.45) is 0 Å². The molecule has 7 nitrogen and oxygen atoms in total. The molecule has 0 spiro atoms. The lowest BCUT2D eigenvalue weighted by molar-refractivity contribution is 0.104. The van der Waals surface area contributed by atoms with Gasteiger partial charge in [0.1, 0.15) is 5.65 Å². The second-order valence-corrected chi connectivity index (χ2v) is 8.73. The zero-order valence-corrected chi connectivity index (χ0v) is 17.1. The lowest BCUT2D eigenvalue weighted by atomic mass is 10.0. The summed E-state index contributed by atoms with van der Waals surface area (Å²) in [5.41, 5.74) is 3.66. The molecule has 8 heteroatoms. The Labute approximate surface area is 174 Å². The predicted octanol–water partition coefficient (Wildman–Crippen LogP) is 4.01. The van der Waals surface area contributed by atoms with E-state index in [1.807, 2.05) is 18.2 Å². The summed E-state index contributed by atoms with van der Waals surface area (Å²) in [7, 11) is -3.43. The van der Waals surface area contributed by atoms with Gasteiger partial charge in [0.15, 0.2) is 5.78 Å². The molecule has 4 rings (SSSR count). The number of benzene rings is 1. The molecule has 1 aromatic carbocycles. The molecule has 0 bridgehead atoms. The largest absolute Gasteiger partial charge is 0.345 e. The van der Waals surface area contributed by atoms with E-state index in [0.29, 0.717) is 34.3 Å². The number of carbonyl (C=O) groups is 1. The van der Waals surface area contributed by atoms with Crippen molar-refractivity contribution >= 4 is 32.5 Å². The van der Waals surface area contributed by atoms with Gasteiger partial charge in [0.2, 0.25) is 10.0 Å². The summed E-state index contributed by atoms with van der Waals surface area (Å²) in [6, 6.07) is 12.2. The van der Waals surface area contributed by atoms with Gasteiger partial charge in [0.25, 0.3) is 0 Å². The highest BCUT2D eigenvalue weighted by Gasteiger charge is 2.17. The van der Waals surface area contributed by atoms with Crippen LogP contribution in [-0.2, 0) is 10.0 Å². The maximum Gasteiger partial charge on any atom is 0.232 e. The molecular formula is C22H20N4O3S. The number of H-pyrrole nitrogens is 1. The van der Waals surface area contributed by atoms with Crippen LogP contribution in [0.5, 0.6) is 0 Å². The number of aromatic nitrogens is 3. The molecule has 3 aromatic heterocycles. The molecule has 30 heavy (non-hydrogen) atoms. The van der Waals surface area contributed by atoms with Gasteiger partial charge in [-0.1, -0.05) is 19.1 Å². The van der Waals surface area contributed by atoms with Gasteiger partial charge in [0, 0.05) is 52.6 Å². The molecule has 0 unspecified atom stereocenters. The van der Waals surface area contributed by atoms with Gasteiger partial charge in [-0.05, 0) is 42.3 Å². The molecular weight excluding hydrogens is 400 g/mol. The highest BCUT2D eigenvalue weighted by molar-refractivity contribution is 7.92. The normalized spacial score (nSPS) is 11.5. The van der Waals surface area contributed by atoms with Crippen LogP contribution in [-0.4, -0.2) is 34.9 Å². The molecule has 0 aliphatic carbocycles. The topological polar surface area (TPSA) is 105 Å². The molecule has 4 aromatic rings. The molecule has 0 radical (unpaired) electrons. The number of aromatic amines is 1. The molecule has 0 saturated heterocycles. The number of ketones is 1. The van der Waals surface area contributed by atoms with Crippen LogP contribution in [0.25, 0.3) is 22.2 Å². The Kier molecular flexibility index (Phi) is 5.33. The number of sulfonamides is 1. The summed E-state index contributed by atoms with van der Waals surface area (Å²) in [6.07, 6.45) is 7.29. The van der Waals surface area contributed by atoms with Crippen molar-refractivity contribution < 1.29 is 13.2 Å². The van der Waals surface area contributed by atoms with Gasteiger partial charge in [0.05, 0.1) is 5.75 Å². The van der Waals surface area contributed by atoms with E-state index in [-0.39, 0.29) is 11.5 Å². The van der Waals surface area contributed by atoms with Crippen LogP contribution >= 0.6 is 0 Å². The van der Waals surface area contributed by atoms with Crippen LogP contribution in [0.1, 0.15) is 29.3 Å². The van der Waals surface area contributed by atoms with Crippen LogP contribution in [0.3, 0.4) is 0 Å². The predicted molar refractivity (Wildman–Crippen MR) is 117 cm³/mol. The summed E-state index contributed by atoms with van der Waals surface area (Å²) < 4.78 is 26.6. The Morgan fingerprint density at radius 2 is 1.90 bits per heavy atom. The Morgan fingerprint density at radius 1 is 1.10 bits per heavy atom. The fourth-order valence-corrected chi connectivity index (χ4v) is 4.40. The number of nitrogens with zero attached hydrogens (tertiary/aromatic N) is 2. The molecule has 0 aliphatic rings. The third-order valence-electron chi connectivity index (χ3n) is 4.66. The molecule has 2 N–H and O–H groups in total. The van der Waals surface area contributed by atoms with E-state index in [4.69, 9.17) is 0 Å². The maximum absolute atomic E-state index is 13.2. The van der Waals surface area contributed by atoms with Crippen LogP contribution in [0.4, 0.5) is 5.69 Å². The number of carbonyl (C=O) groups excluding carboxylic acids is 1. The summed E-state index contributed by atoms with van der Waals surface area (Å²) in [5, 5.41) is 0.700. The number of rotatable bonds is 7. The van der Waals surface area contributed by atoms with Gasteiger partial charge < -0.3 is 4.98 Å². The molecule has 0 saturated carbocycles. The summed E-state index contributed by atoms with van der Waals surface area (Å²) in [4.78, 5) is 24.7.